The van der Waals surface area contributed by atoms with Gasteiger partial charge in [0.05, 0.1) is 0 Å². The number of hydrogen-bond acceptors (Lipinski definition) is 1. The lowest BCUT2D eigenvalue weighted by Crippen LogP contribution is -2.56. The van der Waals surface area contributed by atoms with Crippen LogP contribution >= 0.6 is 12.4 Å². The van der Waals surface area contributed by atoms with E-state index in [2.05, 4.69) is 19.2 Å². The molecular formula is C8H17ClFN. The molecule has 0 atom stereocenters. The molecule has 0 amide bonds. The van der Waals surface area contributed by atoms with Gasteiger partial charge in [-0.1, -0.05) is 13.8 Å². The summed E-state index contributed by atoms with van der Waals surface area (Å²) in [5, 5.41) is 2.95. The Morgan fingerprint density at radius 2 is 2.00 bits per heavy atom. The van der Waals surface area contributed by atoms with Gasteiger partial charge in [0.15, 0.2) is 0 Å². The fourth-order valence-electron chi connectivity index (χ4n) is 1.12. The van der Waals surface area contributed by atoms with Crippen molar-refractivity contribution in [2.24, 2.45) is 5.92 Å². The van der Waals surface area contributed by atoms with Crippen molar-refractivity contribution in [2.75, 3.05) is 13.1 Å². The van der Waals surface area contributed by atoms with E-state index in [1.54, 1.807) is 0 Å². The third kappa shape index (κ3) is 3.39. The molecule has 1 aliphatic rings. The normalized spacial score (nSPS) is 20.7. The van der Waals surface area contributed by atoms with Crippen LogP contribution in [0.2, 0.25) is 0 Å². The zero-order chi connectivity index (χ0) is 7.61. The molecule has 0 aromatic rings. The van der Waals surface area contributed by atoms with Crippen molar-refractivity contribution in [3.63, 3.8) is 0 Å². The second kappa shape index (κ2) is 4.27. The average Bonchev–Trinajstić information content (AvgIpc) is 1.79. The van der Waals surface area contributed by atoms with Crippen LogP contribution in [-0.2, 0) is 0 Å². The maximum atomic E-state index is 13.2. The standard InChI is InChI=1S/C8H16FN.ClH/c1-7(2)3-4-8(9)5-10-6-8;/h7,10H,3-6H2,1-2H3;1H. The Morgan fingerprint density at radius 3 is 2.27 bits per heavy atom. The summed E-state index contributed by atoms with van der Waals surface area (Å²) in [7, 11) is 0. The summed E-state index contributed by atoms with van der Waals surface area (Å²) in [6, 6.07) is 0. The molecule has 1 saturated heterocycles. The highest BCUT2D eigenvalue weighted by atomic mass is 35.5. The molecule has 3 heteroatoms. The largest absolute Gasteiger partial charge is 0.310 e. The molecule has 1 heterocycles. The molecule has 0 unspecified atom stereocenters. The van der Waals surface area contributed by atoms with Crippen LogP contribution in [0.1, 0.15) is 26.7 Å². The van der Waals surface area contributed by atoms with Crippen LogP contribution in [0, 0.1) is 5.92 Å². The molecule has 1 N–H and O–H groups in total. The van der Waals surface area contributed by atoms with Gasteiger partial charge in [0.25, 0.3) is 0 Å². The first kappa shape index (κ1) is 11.2. The lowest BCUT2D eigenvalue weighted by molar-refractivity contribution is 0.0740. The van der Waals surface area contributed by atoms with Gasteiger partial charge in [-0.2, -0.15) is 0 Å². The molecule has 0 saturated carbocycles. The quantitative estimate of drug-likeness (QED) is 0.704. The van der Waals surface area contributed by atoms with Gasteiger partial charge >= 0.3 is 0 Å². The molecule has 0 bridgehead atoms. The molecule has 1 rings (SSSR count). The van der Waals surface area contributed by atoms with E-state index in [1.807, 2.05) is 0 Å². The van der Waals surface area contributed by atoms with E-state index in [9.17, 15) is 4.39 Å². The first-order chi connectivity index (χ1) is 4.62. The van der Waals surface area contributed by atoms with Gasteiger partial charge in [0.1, 0.15) is 5.67 Å². The van der Waals surface area contributed by atoms with Crippen LogP contribution < -0.4 is 5.32 Å². The van der Waals surface area contributed by atoms with E-state index in [0.717, 1.165) is 12.8 Å². The summed E-state index contributed by atoms with van der Waals surface area (Å²) < 4.78 is 13.2. The molecule has 1 aliphatic heterocycles. The van der Waals surface area contributed by atoms with Crippen LogP contribution in [0.25, 0.3) is 0 Å². The van der Waals surface area contributed by atoms with Crippen LogP contribution in [0.3, 0.4) is 0 Å². The van der Waals surface area contributed by atoms with E-state index in [4.69, 9.17) is 0 Å². The Balaban J connectivity index is 0.000001000. The zero-order valence-corrected chi connectivity index (χ0v) is 8.01. The van der Waals surface area contributed by atoms with Crippen molar-refractivity contribution in [2.45, 2.75) is 32.4 Å². The van der Waals surface area contributed by atoms with Crippen LogP contribution in [0.5, 0.6) is 0 Å². The second-order valence-corrected chi connectivity index (χ2v) is 3.69. The topological polar surface area (TPSA) is 12.0 Å². The van der Waals surface area contributed by atoms with Gasteiger partial charge in [-0.25, -0.2) is 4.39 Å². The molecule has 1 nitrogen and oxygen atoms in total. The fourth-order valence-corrected chi connectivity index (χ4v) is 1.12. The Kier molecular flexibility index (Phi) is 4.34. The lowest BCUT2D eigenvalue weighted by atomic mass is 9.90. The highest BCUT2D eigenvalue weighted by molar-refractivity contribution is 5.85. The lowest BCUT2D eigenvalue weighted by Gasteiger charge is -2.35. The summed E-state index contributed by atoms with van der Waals surface area (Å²) in [5.74, 6) is 0.633. The Hall–Kier alpha value is 0.180. The van der Waals surface area contributed by atoms with Crippen molar-refractivity contribution < 1.29 is 4.39 Å². The summed E-state index contributed by atoms with van der Waals surface area (Å²) >= 11 is 0. The van der Waals surface area contributed by atoms with Crippen LogP contribution in [0.15, 0.2) is 0 Å². The van der Waals surface area contributed by atoms with Gasteiger partial charge in [-0.05, 0) is 18.8 Å². The number of halogens is 2. The van der Waals surface area contributed by atoms with E-state index < -0.39 is 5.67 Å². The zero-order valence-electron chi connectivity index (χ0n) is 7.19. The third-order valence-electron chi connectivity index (χ3n) is 2.05. The van der Waals surface area contributed by atoms with Crippen molar-refractivity contribution in [3.8, 4) is 0 Å². The van der Waals surface area contributed by atoms with Crippen molar-refractivity contribution in [1.29, 1.82) is 0 Å². The fraction of sp³-hybridized carbons (Fsp3) is 1.00. The van der Waals surface area contributed by atoms with E-state index in [-0.39, 0.29) is 12.4 Å². The molecule has 0 spiro atoms. The third-order valence-corrected chi connectivity index (χ3v) is 2.05. The van der Waals surface area contributed by atoms with E-state index in [0.29, 0.717) is 19.0 Å². The van der Waals surface area contributed by atoms with Gasteiger partial charge in [0, 0.05) is 13.1 Å². The predicted octanol–water partition coefficient (Wildman–Crippen LogP) is 2.16. The van der Waals surface area contributed by atoms with Gasteiger partial charge in [0.2, 0.25) is 0 Å². The van der Waals surface area contributed by atoms with Gasteiger partial charge in [-0.15, -0.1) is 12.4 Å². The Labute approximate surface area is 74.2 Å². The minimum atomic E-state index is -0.857. The first-order valence-corrected chi connectivity index (χ1v) is 4.02. The SMILES string of the molecule is CC(C)CCC1(F)CNC1.Cl. The van der Waals surface area contributed by atoms with Crippen molar-refractivity contribution in [3.05, 3.63) is 0 Å². The van der Waals surface area contributed by atoms with E-state index in [1.165, 1.54) is 0 Å². The number of hydrogen-bond donors (Lipinski definition) is 1. The van der Waals surface area contributed by atoms with Gasteiger partial charge < -0.3 is 5.32 Å². The van der Waals surface area contributed by atoms with Crippen molar-refractivity contribution >= 4 is 12.4 Å². The van der Waals surface area contributed by atoms with Crippen molar-refractivity contribution in [1.82, 2.24) is 5.32 Å². The molecule has 11 heavy (non-hydrogen) atoms. The van der Waals surface area contributed by atoms with Gasteiger partial charge in [-0.3, -0.25) is 0 Å². The first-order valence-electron chi connectivity index (χ1n) is 4.02. The molecular weight excluding hydrogens is 165 g/mol. The maximum Gasteiger partial charge on any atom is 0.135 e. The predicted molar refractivity (Wildman–Crippen MR) is 48.0 cm³/mol. The minimum Gasteiger partial charge on any atom is -0.310 e. The molecule has 68 valence electrons. The monoisotopic (exact) mass is 181 g/mol. The Morgan fingerprint density at radius 1 is 1.45 bits per heavy atom. The minimum absolute atomic E-state index is 0. The molecule has 0 aromatic heterocycles. The average molecular weight is 182 g/mol. The molecule has 0 aliphatic carbocycles. The number of alkyl halides is 1. The smallest absolute Gasteiger partial charge is 0.135 e. The van der Waals surface area contributed by atoms with E-state index >= 15 is 0 Å². The van der Waals surface area contributed by atoms with Crippen LogP contribution in [-0.4, -0.2) is 18.8 Å². The molecule has 0 radical (unpaired) electrons. The number of nitrogens with one attached hydrogen (secondary N) is 1. The molecule has 0 aromatic carbocycles. The Bertz CT molecular complexity index is 113. The molecule has 1 fully saturated rings. The second-order valence-electron chi connectivity index (χ2n) is 3.69. The number of rotatable bonds is 3. The summed E-state index contributed by atoms with van der Waals surface area (Å²) in [4.78, 5) is 0. The highest BCUT2D eigenvalue weighted by Crippen LogP contribution is 2.24. The maximum absolute atomic E-state index is 13.2. The highest BCUT2D eigenvalue weighted by Gasteiger charge is 2.36. The summed E-state index contributed by atoms with van der Waals surface area (Å²) in [6.07, 6.45) is 1.75. The summed E-state index contributed by atoms with van der Waals surface area (Å²) in [6.45, 7) is 5.41. The summed E-state index contributed by atoms with van der Waals surface area (Å²) in [5.41, 5.74) is -0.857. The van der Waals surface area contributed by atoms with Crippen LogP contribution in [0.4, 0.5) is 4.39 Å².